The molecule has 7 nitrogen and oxygen atoms in total. The second kappa shape index (κ2) is 7.55. The highest BCUT2D eigenvalue weighted by molar-refractivity contribution is 5.59. The third-order valence-corrected chi connectivity index (χ3v) is 5.90. The highest BCUT2D eigenvalue weighted by atomic mass is 16.5. The molecule has 152 valence electrons. The molecule has 0 radical (unpaired) electrons. The number of methoxy groups -OCH3 is 2. The summed E-state index contributed by atoms with van der Waals surface area (Å²) in [4.78, 5) is 6.81. The van der Waals surface area contributed by atoms with Gasteiger partial charge in [-0.05, 0) is 24.8 Å². The Balaban J connectivity index is 1.42. The van der Waals surface area contributed by atoms with E-state index in [0.29, 0.717) is 0 Å². The highest BCUT2D eigenvalue weighted by Gasteiger charge is 2.30. The summed E-state index contributed by atoms with van der Waals surface area (Å²) in [6, 6.07) is 6.02. The van der Waals surface area contributed by atoms with Crippen molar-refractivity contribution in [2.45, 2.75) is 38.9 Å². The van der Waals surface area contributed by atoms with E-state index < -0.39 is 0 Å². The Labute approximate surface area is 170 Å². The monoisotopic (exact) mass is 394 g/mol. The zero-order valence-electron chi connectivity index (χ0n) is 16.9. The Kier molecular flexibility index (Phi) is 4.75. The highest BCUT2D eigenvalue weighted by Crippen LogP contribution is 2.35. The predicted molar refractivity (Wildman–Crippen MR) is 108 cm³/mol. The molecule has 1 aliphatic carbocycles. The first-order chi connectivity index (χ1) is 14.2. The van der Waals surface area contributed by atoms with Crippen LogP contribution < -0.4 is 9.47 Å². The molecule has 29 heavy (non-hydrogen) atoms. The number of benzene rings is 1. The molecule has 7 heteroatoms. The number of rotatable bonds is 7. The van der Waals surface area contributed by atoms with Gasteiger partial charge in [0.15, 0.2) is 6.39 Å². The first kappa shape index (κ1) is 18.2. The van der Waals surface area contributed by atoms with E-state index in [-0.39, 0.29) is 0 Å². The third kappa shape index (κ3) is 3.62. The molecule has 0 spiro atoms. The maximum Gasteiger partial charge on any atom is 0.181 e. The van der Waals surface area contributed by atoms with Gasteiger partial charge in [-0.3, -0.25) is 9.58 Å². The van der Waals surface area contributed by atoms with E-state index in [1.54, 1.807) is 20.5 Å². The summed E-state index contributed by atoms with van der Waals surface area (Å²) in [5.41, 5.74) is 5.57. The van der Waals surface area contributed by atoms with E-state index in [2.05, 4.69) is 20.6 Å². The summed E-state index contributed by atoms with van der Waals surface area (Å²) in [6.45, 7) is 3.68. The van der Waals surface area contributed by atoms with Gasteiger partial charge in [0.25, 0.3) is 0 Å². The third-order valence-electron chi connectivity index (χ3n) is 5.90. The number of hydrogen-bond donors (Lipinski definition) is 0. The van der Waals surface area contributed by atoms with Crippen molar-refractivity contribution in [1.82, 2.24) is 19.7 Å². The van der Waals surface area contributed by atoms with Crippen molar-refractivity contribution in [3.05, 3.63) is 47.7 Å². The van der Waals surface area contributed by atoms with Crippen molar-refractivity contribution in [2.24, 2.45) is 5.92 Å². The van der Waals surface area contributed by atoms with E-state index in [1.165, 1.54) is 30.5 Å². The Hall–Kier alpha value is -2.80. The van der Waals surface area contributed by atoms with Crippen molar-refractivity contribution < 1.29 is 13.9 Å². The molecule has 1 saturated carbocycles. The molecule has 3 heterocycles. The summed E-state index contributed by atoms with van der Waals surface area (Å²) in [5.74, 6) is 2.45. The SMILES string of the molecule is COc1ccc(CN2CCc3c(c(-c4cocn4)nn3CC3CC3)C2)c(OC)c1. The maximum absolute atomic E-state index is 5.59. The van der Waals surface area contributed by atoms with Gasteiger partial charge in [0, 0.05) is 55.5 Å². The van der Waals surface area contributed by atoms with E-state index in [1.807, 2.05) is 12.1 Å². The normalized spacial score (nSPS) is 16.6. The molecule has 1 fully saturated rings. The minimum atomic E-state index is 0.783. The molecule has 1 aromatic carbocycles. The Morgan fingerprint density at radius 1 is 1.21 bits per heavy atom. The summed E-state index contributed by atoms with van der Waals surface area (Å²) in [7, 11) is 3.38. The van der Waals surface area contributed by atoms with Crippen LogP contribution in [0.3, 0.4) is 0 Å². The zero-order chi connectivity index (χ0) is 19.8. The first-order valence-corrected chi connectivity index (χ1v) is 10.2. The average Bonchev–Trinajstić information content (AvgIpc) is 3.26. The van der Waals surface area contributed by atoms with Crippen molar-refractivity contribution in [3.8, 4) is 22.9 Å². The summed E-state index contributed by atoms with van der Waals surface area (Å²) in [6.07, 6.45) is 6.79. The number of fused-ring (bicyclic) bond motifs is 1. The minimum Gasteiger partial charge on any atom is -0.497 e. The van der Waals surface area contributed by atoms with Gasteiger partial charge in [-0.2, -0.15) is 5.10 Å². The molecule has 2 aromatic heterocycles. The Bertz CT molecular complexity index is 992. The fourth-order valence-corrected chi connectivity index (χ4v) is 4.14. The summed E-state index contributed by atoms with van der Waals surface area (Å²) in [5, 5.41) is 4.94. The van der Waals surface area contributed by atoms with Crippen molar-refractivity contribution in [1.29, 1.82) is 0 Å². The van der Waals surface area contributed by atoms with Crippen LogP contribution in [0.1, 0.15) is 29.7 Å². The van der Waals surface area contributed by atoms with E-state index in [0.717, 1.165) is 67.0 Å². The molecule has 3 aromatic rings. The molecule has 0 unspecified atom stereocenters. The van der Waals surface area contributed by atoms with Crippen LogP contribution >= 0.6 is 0 Å². The molecular formula is C22H26N4O3. The molecule has 0 atom stereocenters. The molecule has 0 saturated heterocycles. The van der Waals surface area contributed by atoms with Crippen molar-refractivity contribution in [3.63, 3.8) is 0 Å². The van der Waals surface area contributed by atoms with Crippen molar-refractivity contribution in [2.75, 3.05) is 20.8 Å². The van der Waals surface area contributed by atoms with E-state index in [9.17, 15) is 0 Å². The summed E-state index contributed by atoms with van der Waals surface area (Å²) < 4.78 is 18.4. The standard InChI is InChI=1S/C22H26N4O3/c1-27-17-6-5-16(21(9-17)28-2)11-25-8-7-20-18(12-25)22(19-13-29-14-23-19)24-26(20)10-15-3-4-15/h5-6,9,13-15H,3-4,7-8,10-12H2,1-2H3. The van der Waals surface area contributed by atoms with Crippen LogP contribution in [0.5, 0.6) is 11.5 Å². The van der Waals surface area contributed by atoms with Crippen LogP contribution in [0.4, 0.5) is 0 Å². The fourth-order valence-electron chi connectivity index (χ4n) is 4.14. The number of aromatic nitrogens is 3. The van der Waals surface area contributed by atoms with Crippen LogP contribution in [0.15, 0.2) is 35.3 Å². The minimum absolute atomic E-state index is 0.783. The topological polar surface area (TPSA) is 65.5 Å². The number of ether oxygens (including phenoxy) is 2. The van der Waals surface area contributed by atoms with Crippen LogP contribution in [0, 0.1) is 5.92 Å². The largest absolute Gasteiger partial charge is 0.497 e. The van der Waals surface area contributed by atoms with Gasteiger partial charge in [0.2, 0.25) is 0 Å². The van der Waals surface area contributed by atoms with E-state index >= 15 is 0 Å². The van der Waals surface area contributed by atoms with Gasteiger partial charge in [-0.1, -0.05) is 6.07 Å². The van der Waals surface area contributed by atoms with Gasteiger partial charge < -0.3 is 13.9 Å². The van der Waals surface area contributed by atoms with Crippen LogP contribution in [-0.4, -0.2) is 40.4 Å². The number of nitrogens with zero attached hydrogens (tertiary/aromatic N) is 4. The van der Waals surface area contributed by atoms with Gasteiger partial charge in [-0.15, -0.1) is 0 Å². The zero-order valence-corrected chi connectivity index (χ0v) is 16.9. The van der Waals surface area contributed by atoms with Crippen LogP contribution in [0.2, 0.25) is 0 Å². The lowest BCUT2D eigenvalue weighted by Crippen LogP contribution is -2.31. The molecular weight excluding hydrogens is 368 g/mol. The molecule has 0 bridgehead atoms. The maximum atomic E-state index is 5.59. The molecule has 5 rings (SSSR count). The van der Waals surface area contributed by atoms with Crippen LogP contribution in [-0.2, 0) is 26.1 Å². The smallest absolute Gasteiger partial charge is 0.181 e. The van der Waals surface area contributed by atoms with Gasteiger partial charge >= 0.3 is 0 Å². The number of hydrogen-bond acceptors (Lipinski definition) is 6. The average molecular weight is 394 g/mol. The summed E-state index contributed by atoms with van der Waals surface area (Å²) >= 11 is 0. The lowest BCUT2D eigenvalue weighted by Gasteiger charge is -2.28. The second-order valence-electron chi connectivity index (χ2n) is 7.91. The predicted octanol–water partition coefficient (Wildman–Crippen LogP) is 3.52. The Morgan fingerprint density at radius 2 is 2.10 bits per heavy atom. The van der Waals surface area contributed by atoms with Gasteiger partial charge in [0.1, 0.15) is 29.2 Å². The number of oxazole rings is 1. The lowest BCUT2D eigenvalue weighted by atomic mass is 10.0. The van der Waals surface area contributed by atoms with E-state index in [4.69, 9.17) is 19.0 Å². The second-order valence-corrected chi connectivity index (χ2v) is 7.91. The van der Waals surface area contributed by atoms with Crippen LogP contribution in [0.25, 0.3) is 11.4 Å². The van der Waals surface area contributed by atoms with Gasteiger partial charge in [-0.25, -0.2) is 4.98 Å². The Morgan fingerprint density at radius 3 is 2.83 bits per heavy atom. The van der Waals surface area contributed by atoms with Gasteiger partial charge in [0.05, 0.1) is 14.2 Å². The van der Waals surface area contributed by atoms with Crippen molar-refractivity contribution >= 4 is 0 Å². The first-order valence-electron chi connectivity index (χ1n) is 10.2. The molecule has 2 aliphatic rings. The fraction of sp³-hybridized carbons (Fsp3) is 0.455. The molecule has 1 aliphatic heterocycles. The molecule has 0 N–H and O–H groups in total. The lowest BCUT2D eigenvalue weighted by molar-refractivity contribution is 0.238. The quantitative estimate of drug-likeness (QED) is 0.611. The molecule has 0 amide bonds.